The molecular formula is C16H24BrClO. The zero-order chi connectivity index (χ0) is 14.8. The lowest BCUT2D eigenvalue weighted by Gasteiger charge is -2.29. The molecule has 0 heterocycles. The molecule has 0 radical (unpaired) electrons. The molecule has 0 aromatic heterocycles. The molecule has 0 N–H and O–H groups in total. The summed E-state index contributed by atoms with van der Waals surface area (Å²) in [5, 5.41) is -0.0268. The van der Waals surface area contributed by atoms with Gasteiger partial charge < -0.3 is 4.74 Å². The highest BCUT2D eigenvalue weighted by atomic mass is 79.9. The molecule has 0 fully saturated rings. The Morgan fingerprint density at radius 2 is 1.89 bits per heavy atom. The van der Waals surface area contributed by atoms with Crippen LogP contribution in [0.3, 0.4) is 0 Å². The molecule has 1 aromatic rings. The number of hydrogen-bond acceptors (Lipinski definition) is 1. The Kier molecular flexibility index (Phi) is 5.76. The van der Waals surface area contributed by atoms with E-state index in [1.807, 2.05) is 6.07 Å². The zero-order valence-corrected chi connectivity index (χ0v) is 15.0. The molecule has 2 unspecified atom stereocenters. The van der Waals surface area contributed by atoms with E-state index in [1.165, 1.54) is 0 Å². The number of benzene rings is 1. The fourth-order valence-electron chi connectivity index (χ4n) is 1.88. The molecule has 0 saturated carbocycles. The highest BCUT2D eigenvalue weighted by Crippen LogP contribution is 2.41. The summed E-state index contributed by atoms with van der Waals surface area (Å²) >= 11 is 10.2. The summed E-state index contributed by atoms with van der Waals surface area (Å²) in [7, 11) is 1.70. The van der Waals surface area contributed by atoms with E-state index in [4.69, 9.17) is 16.3 Å². The second-order valence-electron chi connectivity index (χ2n) is 6.31. The Hall–Kier alpha value is -0.210. The maximum atomic E-state index is 6.61. The molecule has 1 nitrogen and oxygen atoms in total. The number of methoxy groups -OCH3 is 1. The van der Waals surface area contributed by atoms with Gasteiger partial charge in [0.2, 0.25) is 0 Å². The van der Waals surface area contributed by atoms with E-state index in [-0.39, 0.29) is 10.8 Å². The van der Waals surface area contributed by atoms with Gasteiger partial charge in [-0.3, -0.25) is 0 Å². The highest BCUT2D eigenvalue weighted by molar-refractivity contribution is 9.10. The van der Waals surface area contributed by atoms with Crippen LogP contribution in [0.1, 0.15) is 50.6 Å². The van der Waals surface area contributed by atoms with Crippen LogP contribution in [0.5, 0.6) is 5.75 Å². The van der Waals surface area contributed by atoms with Gasteiger partial charge in [0.05, 0.1) is 12.5 Å². The lowest BCUT2D eigenvalue weighted by atomic mass is 9.79. The van der Waals surface area contributed by atoms with Gasteiger partial charge in [-0.15, -0.1) is 11.6 Å². The van der Waals surface area contributed by atoms with Crippen LogP contribution < -0.4 is 4.74 Å². The first-order valence-electron chi connectivity index (χ1n) is 6.65. The third-order valence-electron chi connectivity index (χ3n) is 3.89. The van der Waals surface area contributed by atoms with E-state index in [2.05, 4.69) is 56.6 Å². The SMILES string of the molecule is COc1cc(C)c(Br)cc1C(Cl)CC(C)C(C)(C)C. The van der Waals surface area contributed by atoms with E-state index < -0.39 is 0 Å². The number of alkyl halides is 1. The van der Waals surface area contributed by atoms with Crippen LogP contribution in [0.2, 0.25) is 0 Å². The molecule has 0 saturated heterocycles. The summed E-state index contributed by atoms with van der Waals surface area (Å²) in [5.74, 6) is 1.42. The summed E-state index contributed by atoms with van der Waals surface area (Å²) in [6.07, 6.45) is 0.941. The third-order valence-corrected chi connectivity index (χ3v) is 5.15. The van der Waals surface area contributed by atoms with Crippen molar-refractivity contribution >= 4 is 27.5 Å². The average molecular weight is 348 g/mol. The van der Waals surface area contributed by atoms with E-state index in [9.17, 15) is 0 Å². The number of halogens is 2. The van der Waals surface area contributed by atoms with Gasteiger partial charge >= 0.3 is 0 Å². The normalized spacial score (nSPS) is 15.2. The molecule has 0 bridgehead atoms. The van der Waals surface area contributed by atoms with E-state index in [1.54, 1.807) is 7.11 Å². The van der Waals surface area contributed by atoms with Crippen molar-refractivity contribution in [3.63, 3.8) is 0 Å². The summed E-state index contributed by atoms with van der Waals surface area (Å²) in [5.41, 5.74) is 2.49. The summed E-state index contributed by atoms with van der Waals surface area (Å²) in [6.45, 7) is 11.1. The van der Waals surface area contributed by atoms with E-state index in [0.29, 0.717) is 5.92 Å². The molecule has 19 heavy (non-hydrogen) atoms. The molecule has 108 valence electrons. The predicted molar refractivity (Wildman–Crippen MR) is 87.3 cm³/mol. The summed E-state index contributed by atoms with van der Waals surface area (Å²) in [4.78, 5) is 0. The lowest BCUT2D eigenvalue weighted by molar-refractivity contribution is 0.244. The molecule has 0 aliphatic heterocycles. The van der Waals surface area contributed by atoms with Gasteiger partial charge in [-0.2, -0.15) is 0 Å². The van der Waals surface area contributed by atoms with Crippen LogP contribution in [0.25, 0.3) is 0 Å². The van der Waals surface area contributed by atoms with Gasteiger partial charge in [0, 0.05) is 10.0 Å². The minimum absolute atomic E-state index is 0.0268. The minimum atomic E-state index is -0.0268. The van der Waals surface area contributed by atoms with Crippen molar-refractivity contribution in [3.05, 3.63) is 27.7 Å². The standard InChI is InChI=1S/C16H24BrClO/c1-10-7-15(19-6)12(9-13(10)17)14(18)8-11(2)16(3,4)5/h7,9,11,14H,8H2,1-6H3. The first-order chi connectivity index (χ1) is 8.66. The molecular weight excluding hydrogens is 324 g/mol. The Bertz CT molecular complexity index is 437. The van der Waals surface area contributed by atoms with Crippen LogP contribution in [-0.2, 0) is 0 Å². The van der Waals surface area contributed by atoms with Gasteiger partial charge in [-0.1, -0.05) is 43.6 Å². The fraction of sp³-hybridized carbons (Fsp3) is 0.625. The molecule has 0 amide bonds. The maximum Gasteiger partial charge on any atom is 0.123 e. The number of hydrogen-bond donors (Lipinski definition) is 0. The van der Waals surface area contributed by atoms with Gasteiger partial charge in [0.25, 0.3) is 0 Å². The van der Waals surface area contributed by atoms with Crippen LogP contribution in [0.15, 0.2) is 16.6 Å². The average Bonchev–Trinajstić information content (AvgIpc) is 2.30. The monoisotopic (exact) mass is 346 g/mol. The van der Waals surface area contributed by atoms with Crippen LogP contribution in [0, 0.1) is 18.3 Å². The van der Waals surface area contributed by atoms with E-state index in [0.717, 1.165) is 27.8 Å². The number of ether oxygens (including phenoxy) is 1. The zero-order valence-electron chi connectivity index (χ0n) is 12.7. The molecule has 1 aromatic carbocycles. The van der Waals surface area contributed by atoms with Gasteiger partial charge in [0.15, 0.2) is 0 Å². The van der Waals surface area contributed by atoms with Gasteiger partial charge in [0.1, 0.15) is 5.75 Å². The molecule has 1 rings (SSSR count). The van der Waals surface area contributed by atoms with Crippen molar-refractivity contribution in [2.24, 2.45) is 11.3 Å². The third kappa shape index (κ3) is 4.39. The van der Waals surface area contributed by atoms with Crippen molar-refractivity contribution < 1.29 is 4.74 Å². The topological polar surface area (TPSA) is 9.23 Å². The molecule has 2 atom stereocenters. The van der Waals surface area contributed by atoms with Crippen LogP contribution in [-0.4, -0.2) is 7.11 Å². The van der Waals surface area contributed by atoms with E-state index >= 15 is 0 Å². The minimum Gasteiger partial charge on any atom is -0.496 e. The maximum absolute atomic E-state index is 6.61. The smallest absolute Gasteiger partial charge is 0.123 e. The van der Waals surface area contributed by atoms with Gasteiger partial charge in [-0.25, -0.2) is 0 Å². The first kappa shape index (κ1) is 16.8. The second-order valence-corrected chi connectivity index (χ2v) is 7.69. The molecule has 0 aliphatic rings. The predicted octanol–water partition coefficient (Wildman–Crippen LogP) is 6.12. The number of rotatable bonds is 4. The molecule has 3 heteroatoms. The second kappa shape index (κ2) is 6.49. The Morgan fingerprint density at radius 3 is 2.37 bits per heavy atom. The van der Waals surface area contributed by atoms with Crippen molar-refractivity contribution in [2.45, 2.75) is 46.4 Å². The fourth-order valence-corrected chi connectivity index (χ4v) is 2.68. The van der Waals surface area contributed by atoms with Gasteiger partial charge in [-0.05, 0) is 42.4 Å². The van der Waals surface area contributed by atoms with Crippen molar-refractivity contribution in [1.82, 2.24) is 0 Å². The van der Waals surface area contributed by atoms with Crippen LogP contribution >= 0.6 is 27.5 Å². The number of aryl methyl sites for hydroxylation is 1. The first-order valence-corrected chi connectivity index (χ1v) is 7.87. The Labute approximate surface area is 130 Å². The van der Waals surface area contributed by atoms with Crippen molar-refractivity contribution in [1.29, 1.82) is 0 Å². The quantitative estimate of drug-likeness (QED) is 0.596. The summed E-state index contributed by atoms with van der Waals surface area (Å²) < 4.78 is 6.55. The largest absolute Gasteiger partial charge is 0.496 e. The lowest BCUT2D eigenvalue weighted by Crippen LogP contribution is -2.18. The Balaban J connectivity index is 2.99. The summed E-state index contributed by atoms with van der Waals surface area (Å²) in [6, 6.07) is 4.12. The Morgan fingerprint density at radius 1 is 1.32 bits per heavy atom. The van der Waals surface area contributed by atoms with Crippen molar-refractivity contribution in [3.8, 4) is 5.75 Å². The molecule has 0 aliphatic carbocycles. The van der Waals surface area contributed by atoms with Crippen LogP contribution in [0.4, 0.5) is 0 Å². The highest BCUT2D eigenvalue weighted by Gasteiger charge is 2.25. The van der Waals surface area contributed by atoms with Crippen molar-refractivity contribution in [2.75, 3.05) is 7.11 Å². The molecule has 0 spiro atoms.